The van der Waals surface area contributed by atoms with Crippen LogP contribution in [0.25, 0.3) is 0 Å². The van der Waals surface area contributed by atoms with Gasteiger partial charge in [0.25, 0.3) is 5.69 Å². The summed E-state index contributed by atoms with van der Waals surface area (Å²) in [6.07, 6.45) is 0.802. The van der Waals surface area contributed by atoms with Gasteiger partial charge in [-0.05, 0) is 30.2 Å². The van der Waals surface area contributed by atoms with Gasteiger partial charge in [0, 0.05) is 29.0 Å². The SMILES string of the molecule is O=C1CCc2cc([N+](=O)[O-])c(Sc3ccc(F)cc3F)cc21. The number of nitrogens with zero attached hydrogens (tertiary/aromatic N) is 1. The molecule has 1 aliphatic rings. The molecule has 0 aliphatic heterocycles. The van der Waals surface area contributed by atoms with E-state index < -0.39 is 16.6 Å². The zero-order valence-electron chi connectivity index (χ0n) is 11.1. The van der Waals surface area contributed by atoms with Gasteiger partial charge in [-0.3, -0.25) is 14.9 Å². The van der Waals surface area contributed by atoms with Gasteiger partial charge in [-0.1, -0.05) is 11.8 Å². The first kappa shape index (κ1) is 14.6. The van der Waals surface area contributed by atoms with E-state index in [1.807, 2.05) is 0 Å². The predicted molar refractivity (Wildman–Crippen MR) is 76.2 cm³/mol. The van der Waals surface area contributed by atoms with E-state index in [0.29, 0.717) is 30.0 Å². The molecule has 3 rings (SSSR count). The van der Waals surface area contributed by atoms with Crippen LogP contribution in [-0.2, 0) is 6.42 Å². The Morgan fingerprint density at radius 1 is 1.09 bits per heavy atom. The molecular weight excluding hydrogens is 312 g/mol. The van der Waals surface area contributed by atoms with Crippen molar-refractivity contribution in [2.24, 2.45) is 0 Å². The number of benzene rings is 2. The molecule has 0 heterocycles. The van der Waals surface area contributed by atoms with Crippen LogP contribution < -0.4 is 0 Å². The van der Waals surface area contributed by atoms with Crippen molar-refractivity contribution in [3.63, 3.8) is 0 Å². The molecule has 0 aromatic heterocycles. The molecule has 22 heavy (non-hydrogen) atoms. The Bertz CT molecular complexity index is 808. The fourth-order valence-electron chi connectivity index (χ4n) is 2.36. The lowest BCUT2D eigenvalue weighted by atomic mass is 10.1. The Labute approximate surface area is 128 Å². The molecule has 0 saturated carbocycles. The molecule has 0 amide bonds. The second-order valence-electron chi connectivity index (χ2n) is 4.83. The van der Waals surface area contributed by atoms with E-state index in [1.54, 1.807) is 0 Å². The normalized spacial score (nSPS) is 13.3. The maximum absolute atomic E-state index is 13.7. The third-order valence-corrected chi connectivity index (χ3v) is 4.52. The van der Waals surface area contributed by atoms with Gasteiger partial charge in [0.05, 0.1) is 9.82 Å². The largest absolute Gasteiger partial charge is 0.294 e. The number of rotatable bonds is 3. The molecule has 0 radical (unpaired) electrons. The van der Waals surface area contributed by atoms with Gasteiger partial charge in [-0.15, -0.1) is 0 Å². The quantitative estimate of drug-likeness (QED) is 0.629. The number of fused-ring (bicyclic) bond motifs is 1. The monoisotopic (exact) mass is 321 g/mol. The van der Waals surface area contributed by atoms with Gasteiger partial charge in [0.2, 0.25) is 0 Å². The lowest BCUT2D eigenvalue weighted by Crippen LogP contribution is -1.97. The Kier molecular flexibility index (Phi) is 3.66. The van der Waals surface area contributed by atoms with E-state index >= 15 is 0 Å². The minimum Gasteiger partial charge on any atom is -0.294 e. The van der Waals surface area contributed by atoms with Crippen molar-refractivity contribution in [2.45, 2.75) is 22.6 Å². The topological polar surface area (TPSA) is 60.2 Å². The highest BCUT2D eigenvalue weighted by Crippen LogP contribution is 2.39. The number of nitro benzene ring substituents is 1. The standard InChI is InChI=1S/C15H9F2NO3S/c16-9-2-4-14(11(17)6-9)22-15-7-10-8(1-3-13(10)19)5-12(15)18(20)21/h2,4-7H,1,3H2. The van der Waals surface area contributed by atoms with Gasteiger partial charge in [0.1, 0.15) is 11.6 Å². The van der Waals surface area contributed by atoms with Crippen LogP contribution in [0.1, 0.15) is 22.3 Å². The van der Waals surface area contributed by atoms with Crippen molar-refractivity contribution in [3.8, 4) is 0 Å². The molecule has 0 N–H and O–H groups in total. The number of nitro groups is 1. The maximum Gasteiger partial charge on any atom is 0.283 e. The average molecular weight is 321 g/mol. The lowest BCUT2D eigenvalue weighted by Gasteiger charge is -2.07. The molecule has 112 valence electrons. The van der Waals surface area contributed by atoms with Crippen LogP contribution in [0.2, 0.25) is 0 Å². The third kappa shape index (κ3) is 2.59. The molecule has 0 atom stereocenters. The predicted octanol–water partition coefficient (Wildman–Crippen LogP) is 4.15. The first-order valence-electron chi connectivity index (χ1n) is 6.43. The molecule has 7 heteroatoms. The van der Waals surface area contributed by atoms with Crippen LogP contribution in [0.3, 0.4) is 0 Å². The number of halogens is 2. The first-order valence-corrected chi connectivity index (χ1v) is 7.25. The molecular formula is C15H9F2NO3S. The molecule has 0 fully saturated rings. The summed E-state index contributed by atoms with van der Waals surface area (Å²) in [5.74, 6) is -1.60. The summed E-state index contributed by atoms with van der Waals surface area (Å²) in [5, 5.41) is 11.2. The van der Waals surface area contributed by atoms with Crippen LogP contribution in [0.4, 0.5) is 14.5 Å². The summed E-state index contributed by atoms with van der Waals surface area (Å²) >= 11 is 0.810. The van der Waals surface area contributed by atoms with Crippen LogP contribution in [0.5, 0.6) is 0 Å². The minimum absolute atomic E-state index is 0.0647. The molecule has 1 aliphatic carbocycles. The Morgan fingerprint density at radius 2 is 1.86 bits per heavy atom. The molecule has 2 aromatic carbocycles. The Balaban J connectivity index is 2.07. The van der Waals surface area contributed by atoms with Crippen molar-refractivity contribution in [1.29, 1.82) is 0 Å². The Morgan fingerprint density at radius 3 is 2.55 bits per heavy atom. The van der Waals surface area contributed by atoms with Crippen molar-refractivity contribution in [1.82, 2.24) is 0 Å². The van der Waals surface area contributed by atoms with E-state index in [9.17, 15) is 23.7 Å². The second kappa shape index (κ2) is 5.49. The van der Waals surface area contributed by atoms with Gasteiger partial charge >= 0.3 is 0 Å². The minimum atomic E-state index is -0.800. The number of carbonyl (C=O) groups is 1. The molecule has 2 aromatic rings. The number of hydrogen-bond donors (Lipinski definition) is 0. The first-order chi connectivity index (χ1) is 10.5. The Hall–Kier alpha value is -2.28. The number of aryl methyl sites for hydroxylation is 1. The van der Waals surface area contributed by atoms with Gasteiger partial charge in [0.15, 0.2) is 5.78 Å². The second-order valence-corrected chi connectivity index (χ2v) is 5.92. The van der Waals surface area contributed by atoms with Crippen molar-refractivity contribution in [3.05, 3.63) is 63.2 Å². The molecule has 0 saturated heterocycles. The highest BCUT2D eigenvalue weighted by atomic mass is 32.2. The summed E-state index contributed by atoms with van der Waals surface area (Å²) in [6.45, 7) is 0. The maximum atomic E-state index is 13.7. The van der Waals surface area contributed by atoms with Gasteiger partial charge in [-0.2, -0.15) is 0 Å². The van der Waals surface area contributed by atoms with Gasteiger partial charge < -0.3 is 0 Å². The number of hydrogen-bond acceptors (Lipinski definition) is 4. The summed E-state index contributed by atoms with van der Waals surface area (Å²) < 4.78 is 26.6. The zero-order valence-corrected chi connectivity index (χ0v) is 12.0. The fraction of sp³-hybridized carbons (Fsp3) is 0.133. The van der Waals surface area contributed by atoms with E-state index in [-0.39, 0.29) is 21.3 Å². The van der Waals surface area contributed by atoms with Crippen molar-refractivity contribution in [2.75, 3.05) is 0 Å². The van der Waals surface area contributed by atoms with Crippen LogP contribution in [-0.4, -0.2) is 10.7 Å². The summed E-state index contributed by atoms with van der Waals surface area (Å²) in [4.78, 5) is 22.6. The summed E-state index contributed by atoms with van der Waals surface area (Å²) in [7, 11) is 0. The van der Waals surface area contributed by atoms with Crippen molar-refractivity contribution >= 4 is 23.2 Å². The molecule has 4 nitrogen and oxygen atoms in total. The molecule has 0 unspecified atom stereocenters. The van der Waals surface area contributed by atoms with E-state index in [0.717, 1.165) is 17.8 Å². The van der Waals surface area contributed by atoms with E-state index in [2.05, 4.69) is 0 Å². The van der Waals surface area contributed by atoms with Crippen LogP contribution in [0.15, 0.2) is 40.1 Å². The van der Waals surface area contributed by atoms with E-state index in [1.165, 1.54) is 18.2 Å². The van der Waals surface area contributed by atoms with Crippen LogP contribution in [0, 0.1) is 21.7 Å². The number of ketones is 1. The third-order valence-electron chi connectivity index (χ3n) is 3.42. The zero-order chi connectivity index (χ0) is 15.9. The number of carbonyl (C=O) groups excluding carboxylic acids is 1. The smallest absolute Gasteiger partial charge is 0.283 e. The van der Waals surface area contributed by atoms with Gasteiger partial charge in [-0.25, -0.2) is 8.78 Å². The highest BCUT2D eigenvalue weighted by Gasteiger charge is 2.26. The van der Waals surface area contributed by atoms with Crippen LogP contribution >= 0.6 is 11.8 Å². The number of Topliss-reactive ketones (excluding diaryl/α,β-unsaturated/α-hetero) is 1. The fourth-order valence-corrected chi connectivity index (χ4v) is 3.31. The summed E-state index contributed by atoms with van der Waals surface area (Å²) in [6, 6.07) is 5.80. The van der Waals surface area contributed by atoms with E-state index in [4.69, 9.17) is 0 Å². The average Bonchev–Trinajstić information content (AvgIpc) is 2.82. The molecule has 0 spiro atoms. The highest BCUT2D eigenvalue weighted by molar-refractivity contribution is 7.99. The van der Waals surface area contributed by atoms with Crippen molar-refractivity contribution < 1.29 is 18.5 Å². The summed E-state index contributed by atoms with van der Waals surface area (Å²) in [5.41, 5.74) is 0.901. The molecule has 0 bridgehead atoms. The lowest BCUT2D eigenvalue weighted by molar-refractivity contribution is -0.387.